The Morgan fingerprint density at radius 3 is 2.57 bits per heavy atom. The van der Waals surface area contributed by atoms with Crippen LogP contribution in [0.25, 0.3) is 11.3 Å². The largest absolute Gasteiger partial charge is 0.507 e. The highest BCUT2D eigenvalue weighted by molar-refractivity contribution is 5.71. The minimum Gasteiger partial charge on any atom is -0.507 e. The molecule has 2 aromatic rings. The van der Waals surface area contributed by atoms with Crippen LogP contribution in [0.5, 0.6) is 5.75 Å². The van der Waals surface area contributed by atoms with E-state index in [4.69, 9.17) is 0 Å². The summed E-state index contributed by atoms with van der Waals surface area (Å²) < 4.78 is 0. The molecule has 2 N–H and O–H groups in total. The number of hydrogen-bond donors (Lipinski definition) is 2. The number of phenolic OH excluding ortho intramolecular Hbond substituents is 1. The second-order valence-corrected chi connectivity index (χ2v) is 5.64. The van der Waals surface area contributed by atoms with E-state index in [0.29, 0.717) is 12.2 Å². The van der Waals surface area contributed by atoms with E-state index in [1.165, 1.54) is 0 Å². The molecule has 0 unspecified atom stereocenters. The minimum absolute atomic E-state index is 0.228. The highest BCUT2D eigenvalue weighted by Crippen LogP contribution is 2.32. The van der Waals surface area contributed by atoms with Crippen molar-refractivity contribution >= 4 is 5.82 Å². The topological polar surface area (TPSA) is 69.5 Å². The summed E-state index contributed by atoms with van der Waals surface area (Å²) in [7, 11) is 0. The summed E-state index contributed by atoms with van der Waals surface area (Å²) in [5, 5.41) is 28.2. The first kappa shape index (κ1) is 13.8. The van der Waals surface area contributed by atoms with Crippen LogP contribution in [-0.4, -0.2) is 39.6 Å². The zero-order valence-electron chi connectivity index (χ0n) is 12.2. The van der Waals surface area contributed by atoms with Gasteiger partial charge >= 0.3 is 0 Å². The van der Waals surface area contributed by atoms with Gasteiger partial charge in [0.15, 0.2) is 5.82 Å². The Kier molecular flexibility index (Phi) is 3.51. The van der Waals surface area contributed by atoms with Crippen molar-refractivity contribution in [2.45, 2.75) is 26.4 Å². The monoisotopic (exact) mass is 285 g/mol. The van der Waals surface area contributed by atoms with E-state index in [1.54, 1.807) is 6.07 Å². The summed E-state index contributed by atoms with van der Waals surface area (Å²) in [4.78, 5) is 2.02. The number of aliphatic hydroxyl groups is 1. The standard InChI is InChI=1S/C16H19N3O2/c1-10-7-11(2)16(14(21)8-10)13-3-4-15(18-17-13)19-6-5-12(20)9-19/h3-4,7-8,12,20-21H,5-6,9H2,1-2H3/t12-/m1/s1. The molecule has 0 radical (unpaired) electrons. The summed E-state index contributed by atoms with van der Waals surface area (Å²) in [5.74, 6) is 0.991. The van der Waals surface area contributed by atoms with Crippen molar-refractivity contribution in [3.8, 4) is 17.0 Å². The third-order valence-electron chi connectivity index (χ3n) is 3.85. The highest BCUT2D eigenvalue weighted by atomic mass is 16.3. The highest BCUT2D eigenvalue weighted by Gasteiger charge is 2.21. The zero-order valence-corrected chi connectivity index (χ0v) is 12.2. The van der Waals surface area contributed by atoms with Crippen molar-refractivity contribution in [1.82, 2.24) is 10.2 Å². The average Bonchev–Trinajstić information content (AvgIpc) is 2.85. The molecule has 1 aliphatic heterocycles. The van der Waals surface area contributed by atoms with Gasteiger partial charge in [-0.25, -0.2) is 0 Å². The molecule has 1 aromatic heterocycles. The van der Waals surface area contributed by atoms with E-state index in [1.807, 2.05) is 36.9 Å². The van der Waals surface area contributed by atoms with Gasteiger partial charge in [0.05, 0.1) is 11.8 Å². The van der Waals surface area contributed by atoms with Crippen LogP contribution >= 0.6 is 0 Å². The summed E-state index contributed by atoms with van der Waals surface area (Å²) in [6, 6.07) is 7.50. The Balaban J connectivity index is 1.91. The van der Waals surface area contributed by atoms with E-state index in [2.05, 4.69) is 10.2 Å². The van der Waals surface area contributed by atoms with Crippen LogP contribution in [-0.2, 0) is 0 Å². The molecule has 21 heavy (non-hydrogen) atoms. The Morgan fingerprint density at radius 2 is 2.00 bits per heavy atom. The molecule has 1 aromatic carbocycles. The zero-order chi connectivity index (χ0) is 15.0. The molecule has 2 heterocycles. The lowest BCUT2D eigenvalue weighted by molar-refractivity contribution is 0.198. The Hall–Kier alpha value is -2.14. The molecule has 110 valence electrons. The number of rotatable bonds is 2. The molecule has 0 amide bonds. The van der Waals surface area contributed by atoms with Crippen molar-refractivity contribution in [3.63, 3.8) is 0 Å². The van der Waals surface area contributed by atoms with Crippen LogP contribution in [0, 0.1) is 13.8 Å². The van der Waals surface area contributed by atoms with Gasteiger partial charge in [-0.05, 0) is 49.6 Å². The van der Waals surface area contributed by atoms with Gasteiger partial charge in [-0.3, -0.25) is 0 Å². The smallest absolute Gasteiger partial charge is 0.151 e. The van der Waals surface area contributed by atoms with Crippen molar-refractivity contribution in [2.24, 2.45) is 0 Å². The van der Waals surface area contributed by atoms with Crippen LogP contribution in [0.15, 0.2) is 24.3 Å². The molecule has 5 nitrogen and oxygen atoms in total. The van der Waals surface area contributed by atoms with Crippen molar-refractivity contribution in [3.05, 3.63) is 35.4 Å². The molecule has 1 atom stereocenters. The number of benzene rings is 1. The third-order valence-corrected chi connectivity index (χ3v) is 3.85. The van der Waals surface area contributed by atoms with Gasteiger partial charge in [-0.2, -0.15) is 0 Å². The Labute approximate surface area is 123 Å². The van der Waals surface area contributed by atoms with E-state index in [9.17, 15) is 10.2 Å². The molecule has 0 aliphatic carbocycles. The first-order valence-corrected chi connectivity index (χ1v) is 7.12. The van der Waals surface area contributed by atoms with Crippen molar-refractivity contribution < 1.29 is 10.2 Å². The molecule has 1 fully saturated rings. The van der Waals surface area contributed by atoms with Crippen LogP contribution in [0.2, 0.25) is 0 Å². The third kappa shape index (κ3) is 2.69. The fourth-order valence-corrected chi connectivity index (χ4v) is 2.86. The fraction of sp³-hybridized carbons (Fsp3) is 0.375. The lowest BCUT2D eigenvalue weighted by atomic mass is 10.0. The first-order chi connectivity index (χ1) is 10.0. The van der Waals surface area contributed by atoms with Crippen molar-refractivity contribution in [2.75, 3.05) is 18.0 Å². The lowest BCUT2D eigenvalue weighted by Gasteiger charge is -2.16. The van der Waals surface area contributed by atoms with E-state index in [-0.39, 0.29) is 11.9 Å². The van der Waals surface area contributed by atoms with Gasteiger partial charge in [0.25, 0.3) is 0 Å². The molecular weight excluding hydrogens is 266 g/mol. The fourth-order valence-electron chi connectivity index (χ4n) is 2.86. The summed E-state index contributed by atoms with van der Waals surface area (Å²) in [6.07, 6.45) is 0.483. The molecule has 0 bridgehead atoms. The number of hydrogen-bond acceptors (Lipinski definition) is 5. The molecule has 0 spiro atoms. The Morgan fingerprint density at radius 1 is 1.19 bits per heavy atom. The molecular formula is C16H19N3O2. The van der Waals surface area contributed by atoms with E-state index < -0.39 is 0 Å². The van der Waals surface area contributed by atoms with Crippen LogP contribution < -0.4 is 4.90 Å². The predicted octanol–water partition coefficient (Wildman–Crippen LogP) is 2.04. The number of aromatic nitrogens is 2. The minimum atomic E-state index is -0.283. The molecule has 0 saturated carbocycles. The number of aliphatic hydroxyl groups excluding tert-OH is 1. The van der Waals surface area contributed by atoms with E-state index >= 15 is 0 Å². The van der Waals surface area contributed by atoms with Gasteiger partial charge in [0.2, 0.25) is 0 Å². The SMILES string of the molecule is Cc1cc(C)c(-c2ccc(N3CC[C@@H](O)C3)nn2)c(O)c1. The van der Waals surface area contributed by atoms with Gasteiger partial charge in [-0.1, -0.05) is 6.07 Å². The molecule has 5 heteroatoms. The molecule has 1 aliphatic rings. The molecule has 3 rings (SSSR count). The number of nitrogens with zero attached hydrogens (tertiary/aromatic N) is 3. The van der Waals surface area contributed by atoms with E-state index in [0.717, 1.165) is 35.5 Å². The van der Waals surface area contributed by atoms with Gasteiger partial charge < -0.3 is 15.1 Å². The maximum absolute atomic E-state index is 10.1. The van der Waals surface area contributed by atoms with Crippen LogP contribution in [0.1, 0.15) is 17.5 Å². The summed E-state index contributed by atoms with van der Waals surface area (Å²) >= 11 is 0. The summed E-state index contributed by atoms with van der Waals surface area (Å²) in [6.45, 7) is 5.30. The second-order valence-electron chi connectivity index (χ2n) is 5.64. The van der Waals surface area contributed by atoms with Gasteiger partial charge in [-0.15, -0.1) is 10.2 Å². The lowest BCUT2D eigenvalue weighted by Crippen LogP contribution is -2.22. The van der Waals surface area contributed by atoms with Crippen LogP contribution in [0.3, 0.4) is 0 Å². The molecule has 1 saturated heterocycles. The number of β-amino-alcohol motifs (C(OH)–C–C–N with tert-alkyl or cyclic N) is 1. The maximum Gasteiger partial charge on any atom is 0.151 e. The van der Waals surface area contributed by atoms with Gasteiger partial charge in [0, 0.05) is 18.7 Å². The van der Waals surface area contributed by atoms with Gasteiger partial charge in [0.1, 0.15) is 5.75 Å². The number of aryl methyl sites for hydroxylation is 2. The quantitative estimate of drug-likeness (QED) is 0.883. The normalized spacial score (nSPS) is 18.2. The number of anilines is 1. The average molecular weight is 285 g/mol. The first-order valence-electron chi connectivity index (χ1n) is 7.12. The second kappa shape index (κ2) is 5.33. The number of aromatic hydroxyl groups is 1. The van der Waals surface area contributed by atoms with Crippen molar-refractivity contribution in [1.29, 1.82) is 0 Å². The number of phenols is 1. The maximum atomic E-state index is 10.1. The Bertz CT molecular complexity index is 632. The van der Waals surface area contributed by atoms with Crippen LogP contribution in [0.4, 0.5) is 5.82 Å². The summed E-state index contributed by atoms with van der Waals surface area (Å²) in [5.41, 5.74) is 3.38. The predicted molar refractivity (Wildman–Crippen MR) is 81.4 cm³/mol.